The number of rotatable bonds is 7. The number of thiophene rings is 1. The normalized spacial score (nSPS) is 11.9. The van der Waals surface area contributed by atoms with Gasteiger partial charge in [-0.25, -0.2) is 4.39 Å². The van der Waals surface area contributed by atoms with Crippen LogP contribution in [0.5, 0.6) is 0 Å². The Kier molecular flexibility index (Phi) is 13.4. The third kappa shape index (κ3) is 9.64. The van der Waals surface area contributed by atoms with Gasteiger partial charge in [0.15, 0.2) is 0 Å². The third-order valence-corrected chi connectivity index (χ3v) is 14.7. The number of pyridine rings is 2. The number of halogens is 1. The summed E-state index contributed by atoms with van der Waals surface area (Å²) in [6.07, 6.45) is 6.36. The van der Waals surface area contributed by atoms with Crippen LogP contribution in [0, 0.1) is 52.0 Å². The first-order chi connectivity index (χ1) is 28.3. The Morgan fingerprint density at radius 2 is 1.28 bits per heavy atom. The van der Waals surface area contributed by atoms with Gasteiger partial charge in [0.2, 0.25) is 0 Å². The zero-order valence-electron chi connectivity index (χ0n) is 37.3. The smallest absolute Gasteiger partial charge is 0.0985 e. The minimum absolute atomic E-state index is 0. The van der Waals surface area contributed by atoms with Crippen molar-refractivity contribution in [1.29, 1.82) is 0 Å². The fourth-order valence-corrected chi connectivity index (χ4v) is 11.6. The van der Waals surface area contributed by atoms with Gasteiger partial charge in [-0.2, -0.15) is 37.1 Å². The molecule has 0 unspecified atom stereocenters. The number of nitrogens with zero attached hydrogens (tertiary/aromatic N) is 2. The summed E-state index contributed by atoms with van der Waals surface area (Å²) >= 11 is 1.88. The summed E-state index contributed by atoms with van der Waals surface area (Å²) in [5.41, 5.74) is 12.7. The molecule has 0 atom stereocenters. The zero-order valence-corrected chi connectivity index (χ0v) is 41.5. The molecule has 0 saturated heterocycles. The van der Waals surface area contributed by atoms with Gasteiger partial charge in [0.25, 0.3) is 0 Å². The number of fused-ring (bicyclic) bond motifs is 4. The Hall–Kier alpha value is -4.84. The van der Waals surface area contributed by atoms with Gasteiger partial charge < -0.3 is 9.13 Å². The van der Waals surface area contributed by atoms with Gasteiger partial charge >= 0.3 is 0 Å². The molecule has 0 bridgehead atoms. The molecule has 61 heavy (non-hydrogen) atoms. The zero-order chi connectivity index (χ0) is 43.3. The van der Waals surface area contributed by atoms with Crippen LogP contribution in [0.15, 0.2) is 116 Å². The molecule has 0 saturated carbocycles. The van der Waals surface area contributed by atoms with E-state index in [4.69, 9.17) is 0 Å². The molecule has 5 aromatic carbocycles. The number of benzene rings is 5. The maximum absolute atomic E-state index is 13.7. The van der Waals surface area contributed by atoms with Crippen LogP contribution in [0.25, 0.3) is 64.6 Å². The average molecular weight is 1020 g/mol. The Morgan fingerprint density at radius 3 is 1.98 bits per heavy atom. The van der Waals surface area contributed by atoms with Crippen LogP contribution in [0.1, 0.15) is 62.4 Å². The molecule has 1 radical (unpaired) electrons. The van der Waals surface area contributed by atoms with Crippen molar-refractivity contribution in [3.63, 3.8) is 0 Å². The van der Waals surface area contributed by atoms with Crippen LogP contribution >= 0.6 is 11.3 Å². The van der Waals surface area contributed by atoms with Crippen molar-refractivity contribution >= 4 is 55.5 Å². The van der Waals surface area contributed by atoms with E-state index >= 15 is 0 Å². The number of hydrogen-bond donors (Lipinski definition) is 0. The first-order valence-electron chi connectivity index (χ1n) is 21.0. The van der Waals surface area contributed by atoms with Crippen molar-refractivity contribution in [2.45, 2.75) is 74.0 Å². The molecular weight excluding hydrogens is 960 g/mol. The van der Waals surface area contributed by atoms with Crippen LogP contribution in [-0.4, -0.2) is 8.07 Å². The molecule has 317 valence electrons. The van der Waals surface area contributed by atoms with Crippen LogP contribution < -0.4 is 14.3 Å². The molecule has 0 aliphatic carbocycles. The molecule has 6 heteroatoms. The van der Waals surface area contributed by atoms with Crippen LogP contribution in [0.4, 0.5) is 4.39 Å². The number of hydrogen-bond acceptors (Lipinski definition) is 1. The molecule has 0 spiro atoms. The molecule has 3 heterocycles. The molecule has 3 aromatic heterocycles. The van der Waals surface area contributed by atoms with E-state index in [2.05, 4.69) is 186 Å². The summed E-state index contributed by atoms with van der Waals surface area (Å²) in [4.78, 5) is 0. The van der Waals surface area contributed by atoms with E-state index in [9.17, 15) is 4.39 Å². The van der Waals surface area contributed by atoms with E-state index in [0.29, 0.717) is 5.92 Å². The van der Waals surface area contributed by atoms with E-state index in [1.807, 2.05) is 20.5 Å². The second kappa shape index (κ2) is 17.9. The van der Waals surface area contributed by atoms with Gasteiger partial charge in [-0.05, 0) is 73.7 Å². The maximum atomic E-state index is 13.7. The Labute approximate surface area is 382 Å². The summed E-state index contributed by atoms with van der Waals surface area (Å²) < 4.78 is 20.2. The van der Waals surface area contributed by atoms with Crippen molar-refractivity contribution in [2.24, 2.45) is 11.3 Å². The first-order valence-corrected chi connectivity index (χ1v) is 25.3. The second-order valence-electron chi connectivity index (χ2n) is 19.1. The fourth-order valence-electron chi connectivity index (χ4n) is 8.52. The summed E-state index contributed by atoms with van der Waals surface area (Å²) in [5, 5.41) is 6.55. The van der Waals surface area contributed by atoms with Gasteiger partial charge in [0, 0.05) is 44.5 Å². The molecule has 8 rings (SSSR count). The minimum Gasteiger partial charge on any atom is -0.343 e. The van der Waals surface area contributed by atoms with Gasteiger partial charge in [0.05, 0.1) is 37.7 Å². The van der Waals surface area contributed by atoms with Crippen molar-refractivity contribution in [1.82, 2.24) is 0 Å². The molecule has 0 aliphatic heterocycles. The molecule has 0 amide bonds. The largest absolute Gasteiger partial charge is 0.343 e. The van der Waals surface area contributed by atoms with E-state index in [1.165, 1.54) is 75.6 Å². The average Bonchev–Trinajstić information content (AvgIpc) is 3.55. The summed E-state index contributed by atoms with van der Waals surface area (Å²) in [6.45, 7) is 29.1. The first kappa shape index (κ1) is 45.7. The van der Waals surface area contributed by atoms with E-state index in [1.54, 1.807) is 12.1 Å². The minimum atomic E-state index is -1.48. The standard InChI is InChI=1S/C35H32NS.C20H27FNSi.Ir/c1-22-17-18-30-29-16-10-15-28(27-14-9-12-24-11-7-8-13-26(24)27)33(29)37-34(30)32(22)31-19-25(20-35(3,4)5)23(2)21-36(31)6;1-14(2)10-16-11-19(18-12-17(21)9-8-15(18)3)22(4)13-20(16)23(5,6)7;/h7-19,21H,1,6,20H2,2-5H3;8-9,11-14H,3-4,10H2,1-2,5-7H3;/q2*-1;. The second-order valence-corrected chi connectivity index (χ2v) is 25.1. The van der Waals surface area contributed by atoms with Gasteiger partial charge in [0.1, 0.15) is 0 Å². The summed E-state index contributed by atoms with van der Waals surface area (Å²) in [6, 6.07) is 35.6. The van der Waals surface area contributed by atoms with E-state index in [0.717, 1.165) is 40.9 Å². The molecular formula is C55H59FIrN2SSi-2. The quantitative estimate of drug-likeness (QED) is 0.0854. The van der Waals surface area contributed by atoms with Gasteiger partial charge in [-0.3, -0.25) is 0 Å². The SMILES string of the molecule is [CH2-]c1ccc(F)cc1-c1cc(CC(C)C)c([Si](C)(C)C)c[n+]1[CH2-].[CH2-]c1ccc2c(sc3c(-c4cccc5ccccc45)cccc32)c1-c1cc(CC(C)(C)C)c(C)c[n+]1[CH2-].[Ir]. The van der Waals surface area contributed by atoms with Crippen LogP contribution in [-0.2, 0) is 32.9 Å². The summed E-state index contributed by atoms with van der Waals surface area (Å²) in [5.74, 6) is 0.331. The van der Waals surface area contributed by atoms with Crippen LogP contribution in [0.2, 0.25) is 19.6 Å². The molecule has 8 aromatic rings. The van der Waals surface area contributed by atoms with Crippen molar-refractivity contribution in [2.75, 3.05) is 0 Å². The van der Waals surface area contributed by atoms with E-state index < -0.39 is 8.07 Å². The third-order valence-electron chi connectivity index (χ3n) is 11.3. The molecule has 0 fully saturated rings. The Morgan fingerprint density at radius 1 is 0.672 bits per heavy atom. The molecule has 0 aliphatic rings. The maximum Gasteiger partial charge on any atom is 0.0985 e. The number of aromatic nitrogens is 2. The number of aryl methyl sites for hydroxylation is 1. The van der Waals surface area contributed by atoms with Crippen molar-refractivity contribution in [3.8, 4) is 33.6 Å². The van der Waals surface area contributed by atoms with Crippen molar-refractivity contribution in [3.05, 3.63) is 177 Å². The van der Waals surface area contributed by atoms with Gasteiger partial charge in [-0.1, -0.05) is 156 Å². The summed E-state index contributed by atoms with van der Waals surface area (Å²) in [7, 11) is 7.07. The molecule has 2 nitrogen and oxygen atoms in total. The predicted molar refractivity (Wildman–Crippen MR) is 260 cm³/mol. The topological polar surface area (TPSA) is 7.76 Å². The van der Waals surface area contributed by atoms with E-state index in [-0.39, 0.29) is 31.3 Å². The van der Waals surface area contributed by atoms with Crippen LogP contribution in [0.3, 0.4) is 0 Å². The van der Waals surface area contributed by atoms with Gasteiger partial charge in [-0.15, -0.1) is 23.0 Å². The Balaban J connectivity index is 0.000000225. The monoisotopic (exact) mass is 1020 g/mol. The van der Waals surface area contributed by atoms with Crippen molar-refractivity contribution < 1.29 is 33.6 Å². The fraction of sp³-hybridized carbons (Fsp3) is 0.236. The molecule has 0 N–H and O–H groups in total. The Bertz CT molecular complexity index is 2890. The predicted octanol–water partition coefficient (Wildman–Crippen LogP) is 13.9.